The van der Waals surface area contributed by atoms with Crippen LogP contribution < -0.4 is 4.74 Å². The van der Waals surface area contributed by atoms with Gasteiger partial charge in [0.05, 0.1) is 20.6 Å². The summed E-state index contributed by atoms with van der Waals surface area (Å²) in [5, 5.41) is 2.24. The summed E-state index contributed by atoms with van der Waals surface area (Å²) >= 11 is 23.8. The second-order valence-electron chi connectivity index (χ2n) is 8.05. The number of halogens is 4. The fourth-order valence-corrected chi connectivity index (χ4v) is 4.38. The molecular weight excluding hydrogens is 578 g/mol. The quantitative estimate of drug-likeness (QED) is 0.146. The Bertz CT molecular complexity index is 1460. The molecule has 3 amide bonds. The van der Waals surface area contributed by atoms with Crippen molar-refractivity contribution in [1.29, 1.82) is 0 Å². The molecule has 0 saturated carbocycles. The first-order chi connectivity index (χ1) is 18.0. The molecule has 0 radical (unpaired) electrons. The molecule has 0 aromatic heterocycles. The van der Waals surface area contributed by atoms with Crippen molar-refractivity contribution in [3.8, 4) is 5.75 Å². The lowest BCUT2D eigenvalue weighted by atomic mass is 10.1. The average molecular weight is 594 g/mol. The van der Waals surface area contributed by atoms with Crippen LogP contribution in [0.15, 0.2) is 60.7 Å². The topological polar surface area (TPSA) is 101 Å². The maximum atomic E-state index is 13.3. The highest BCUT2D eigenvalue weighted by Gasteiger charge is 2.38. The molecule has 12 heteroatoms. The third-order valence-electron chi connectivity index (χ3n) is 5.50. The van der Waals surface area contributed by atoms with Crippen LogP contribution in [0.25, 0.3) is 0 Å². The van der Waals surface area contributed by atoms with Gasteiger partial charge in [-0.1, -0.05) is 46.4 Å². The Morgan fingerprint density at radius 3 is 2.00 bits per heavy atom. The molecule has 3 aromatic rings. The largest absolute Gasteiger partial charge is 0.423 e. The summed E-state index contributed by atoms with van der Waals surface area (Å²) in [6.07, 6.45) is -0.175. The number of ether oxygens (including phenoxy) is 1. The van der Waals surface area contributed by atoms with Crippen molar-refractivity contribution in [3.63, 3.8) is 0 Å². The number of carbonyl (C=O) groups excluding carboxylic acids is 5. The van der Waals surface area contributed by atoms with Gasteiger partial charge < -0.3 is 4.74 Å². The number of benzene rings is 3. The third-order valence-corrected chi connectivity index (χ3v) is 6.79. The molecule has 38 heavy (non-hydrogen) atoms. The van der Waals surface area contributed by atoms with E-state index in [9.17, 15) is 24.0 Å². The monoisotopic (exact) mass is 592 g/mol. The standard InChI is InChI=1S/C26H16Cl4N2O6/c27-16-4-7-18(20(29)12-16)26(37)38-17-5-1-14(2-6-17)22(33)13-31(32-23(34)9-10-24(32)35)25(36)15-3-8-19(28)21(30)11-15/h1-8,11-12H,9-10,13H2. The zero-order valence-corrected chi connectivity index (χ0v) is 22.3. The molecule has 1 saturated heterocycles. The van der Waals surface area contributed by atoms with Gasteiger partial charge in [-0.3, -0.25) is 19.2 Å². The van der Waals surface area contributed by atoms with Gasteiger partial charge in [-0.25, -0.2) is 9.80 Å². The number of ketones is 1. The molecule has 0 spiro atoms. The van der Waals surface area contributed by atoms with Crippen LogP contribution in [0.4, 0.5) is 0 Å². The van der Waals surface area contributed by atoms with Crippen LogP contribution >= 0.6 is 46.4 Å². The number of esters is 1. The molecule has 0 N–H and O–H groups in total. The Morgan fingerprint density at radius 1 is 0.763 bits per heavy atom. The van der Waals surface area contributed by atoms with E-state index in [0.717, 1.165) is 5.01 Å². The Labute approximate surface area is 236 Å². The highest BCUT2D eigenvalue weighted by molar-refractivity contribution is 6.42. The third kappa shape index (κ3) is 6.00. The first-order valence-electron chi connectivity index (χ1n) is 11.0. The highest BCUT2D eigenvalue weighted by Crippen LogP contribution is 2.26. The van der Waals surface area contributed by atoms with Crippen LogP contribution in [0.3, 0.4) is 0 Å². The first-order valence-corrected chi connectivity index (χ1v) is 12.5. The van der Waals surface area contributed by atoms with E-state index in [2.05, 4.69) is 0 Å². The lowest BCUT2D eigenvalue weighted by molar-refractivity contribution is -0.152. The summed E-state index contributed by atoms with van der Waals surface area (Å²) in [7, 11) is 0. The molecule has 1 fully saturated rings. The molecule has 4 rings (SSSR count). The highest BCUT2D eigenvalue weighted by atomic mass is 35.5. The Balaban J connectivity index is 1.53. The second kappa shape index (κ2) is 11.5. The van der Waals surface area contributed by atoms with Gasteiger partial charge in [0, 0.05) is 29.0 Å². The Kier molecular flexibility index (Phi) is 8.38. The van der Waals surface area contributed by atoms with Gasteiger partial charge in [-0.15, -0.1) is 0 Å². The number of imide groups is 1. The lowest BCUT2D eigenvalue weighted by Gasteiger charge is -2.29. The summed E-state index contributed by atoms with van der Waals surface area (Å²) in [5.74, 6) is -3.18. The number of hydrogen-bond acceptors (Lipinski definition) is 6. The molecule has 0 atom stereocenters. The summed E-state index contributed by atoms with van der Waals surface area (Å²) in [6, 6.07) is 13.9. The van der Waals surface area contributed by atoms with Crippen LogP contribution in [0, 0.1) is 0 Å². The number of Topliss-reactive ketones (excluding diaryl/α,β-unsaturated/α-hetero) is 1. The van der Waals surface area contributed by atoms with Gasteiger partial charge in [0.25, 0.3) is 5.91 Å². The number of hydrogen-bond donors (Lipinski definition) is 0. The summed E-state index contributed by atoms with van der Waals surface area (Å²) in [6.45, 7) is -0.615. The Morgan fingerprint density at radius 2 is 1.39 bits per heavy atom. The molecule has 0 unspecified atom stereocenters. The molecule has 1 heterocycles. The van der Waals surface area contributed by atoms with Gasteiger partial charge >= 0.3 is 5.97 Å². The van der Waals surface area contributed by atoms with E-state index in [1.807, 2.05) is 0 Å². The SMILES string of the molecule is O=C(CN(C(=O)c1ccc(Cl)c(Cl)c1)N1C(=O)CCC1=O)c1ccc(OC(=O)c2ccc(Cl)cc2Cl)cc1. The maximum absolute atomic E-state index is 13.3. The molecule has 0 bridgehead atoms. The average Bonchev–Trinajstić information content (AvgIpc) is 3.21. The minimum atomic E-state index is -0.786. The van der Waals surface area contributed by atoms with E-state index in [0.29, 0.717) is 10.0 Å². The predicted octanol–water partition coefficient (Wildman–Crippen LogP) is 5.91. The summed E-state index contributed by atoms with van der Waals surface area (Å²) in [5.41, 5.74) is 0.274. The van der Waals surface area contributed by atoms with Crippen molar-refractivity contribution in [2.75, 3.05) is 6.54 Å². The van der Waals surface area contributed by atoms with Crippen molar-refractivity contribution in [2.24, 2.45) is 0 Å². The normalized spacial score (nSPS) is 13.0. The molecule has 3 aromatic carbocycles. The van der Waals surface area contributed by atoms with Crippen molar-refractivity contribution in [1.82, 2.24) is 10.0 Å². The minimum Gasteiger partial charge on any atom is -0.423 e. The smallest absolute Gasteiger partial charge is 0.345 e. The van der Waals surface area contributed by atoms with Gasteiger partial charge in [0.2, 0.25) is 11.8 Å². The molecule has 194 valence electrons. The van der Waals surface area contributed by atoms with E-state index in [-0.39, 0.29) is 50.3 Å². The van der Waals surface area contributed by atoms with E-state index in [1.54, 1.807) is 0 Å². The summed E-state index contributed by atoms with van der Waals surface area (Å²) < 4.78 is 5.30. The van der Waals surface area contributed by atoms with Crippen molar-refractivity contribution >= 4 is 75.9 Å². The zero-order chi connectivity index (χ0) is 27.6. The predicted molar refractivity (Wildman–Crippen MR) is 141 cm³/mol. The van der Waals surface area contributed by atoms with Crippen molar-refractivity contribution < 1.29 is 28.7 Å². The van der Waals surface area contributed by atoms with Crippen LogP contribution in [0.2, 0.25) is 20.1 Å². The van der Waals surface area contributed by atoms with E-state index < -0.39 is 36.0 Å². The van der Waals surface area contributed by atoms with Gasteiger partial charge in [0.15, 0.2) is 5.78 Å². The number of carbonyl (C=O) groups is 5. The van der Waals surface area contributed by atoms with Gasteiger partial charge in [-0.05, 0) is 60.7 Å². The second-order valence-corrected chi connectivity index (χ2v) is 9.71. The Hall–Kier alpha value is -3.43. The van der Waals surface area contributed by atoms with Crippen molar-refractivity contribution in [2.45, 2.75) is 12.8 Å². The fourth-order valence-electron chi connectivity index (χ4n) is 3.60. The minimum absolute atomic E-state index is 0.0304. The van der Waals surface area contributed by atoms with Gasteiger partial charge in [-0.2, -0.15) is 5.01 Å². The number of amides is 3. The zero-order valence-electron chi connectivity index (χ0n) is 19.3. The van der Waals surface area contributed by atoms with E-state index in [1.165, 1.54) is 60.7 Å². The van der Waals surface area contributed by atoms with Crippen molar-refractivity contribution in [3.05, 3.63) is 97.4 Å². The summed E-state index contributed by atoms with van der Waals surface area (Å²) in [4.78, 5) is 63.6. The molecule has 0 aliphatic carbocycles. The molecule has 1 aliphatic rings. The number of nitrogens with zero attached hydrogens (tertiary/aromatic N) is 2. The van der Waals surface area contributed by atoms with E-state index >= 15 is 0 Å². The number of hydrazine groups is 1. The molecule has 8 nitrogen and oxygen atoms in total. The van der Waals surface area contributed by atoms with Crippen LogP contribution in [0.1, 0.15) is 43.9 Å². The van der Waals surface area contributed by atoms with E-state index in [4.69, 9.17) is 51.1 Å². The van der Waals surface area contributed by atoms with Crippen LogP contribution in [-0.2, 0) is 9.59 Å². The van der Waals surface area contributed by atoms with Gasteiger partial charge in [0.1, 0.15) is 12.3 Å². The van der Waals surface area contributed by atoms with Crippen LogP contribution in [0.5, 0.6) is 5.75 Å². The first kappa shape index (κ1) is 27.6. The molecule has 1 aliphatic heterocycles. The maximum Gasteiger partial charge on any atom is 0.345 e. The van der Waals surface area contributed by atoms with Crippen LogP contribution in [-0.4, -0.2) is 46.0 Å². The molecular formula is C26H16Cl4N2O6. The lowest BCUT2D eigenvalue weighted by Crippen LogP contribution is -2.51. The fraction of sp³-hybridized carbons (Fsp3) is 0.115. The number of rotatable bonds is 7.